The van der Waals surface area contributed by atoms with E-state index in [0.717, 1.165) is 5.75 Å². The second kappa shape index (κ2) is 6.29. The predicted molar refractivity (Wildman–Crippen MR) is 81.7 cm³/mol. The van der Waals surface area contributed by atoms with Gasteiger partial charge in [0.25, 0.3) is 0 Å². The van der Waals surface area contributed by atoms with Crippen LogP contribution in [0.15, 0.2) is 35.4 Å². The summed E-state index contributed by atoms with van der Waals surface area (Å²) in [5.41, 5.74) is 3.53. The molecule has 1 aromatic heterocycles. The Balaban J connectivity index is 2.14. The summed E-state index contributed by atoms with van der Waals surface area (Å²) < 4.78 is 0. The van der Waals surface area contributed by atoms with Crippen LogP contribution in [0.5, 0.6) is 0 Å². The smallest absolute Gasteiger partial charge is 0.356 e. The average Bonchev–Trinajstić information content (AvgIpc) is 2.36. The van der Waals surface area contributed by atoms with Crippen molar-refractivity contribution in [1.29, 1.82) is 0 Å². The number of aryl methyl sites for hydroxylation is 2. The Hall–Kier alpha value is -1.52. The Bertz CT molecular complexity index is 638. The fraction of sp³-hybridized carbons (Fsp3) is 0.200. The number of pyridine rings is 1. The van der Waals surface area contributed by atoms with Gasteiger partial charge in [-0.3, -0.25) is 0 Å². The second-order valence-corrected chi connectivity index (χ2v) is 5.97. The molecule has 20 heavy (non-hydrogen) atoms. The molecule has 0 aliphatic carbocycles. The molecule has 0 saturated heterocycles. The fourth-order valence-electron chi connectivity index (χ4n) is 1.96. The number of carboxylic acids is 1. The van der Waals surface area contributed by atoms with Crippen LogP contribution < -0.4 is 0 Å². The molecule has 0 aliphatic rings. The highest BCUT2D eigenvalue weighted by atomic mass is 35.5. The Morgan fingerprint density at radius 3 is 2.50 bits per heavy atom. The van der Waals surface area contributed by atoms with E-state index in [1.807, 2.05) is 0 Å². The van der Waals surface area contributed by atoms with Gasteiger partial charge in [-0.2, -0.15) is 0 Å². The van der Waals surface area contributed by atoms with Crippen molar-refractivity contribution in [3.8, 4) is 0 Å². The van der Waals surface area contributed by atoms with Gasteiger partial charge in [0, 0.05) is 5.75 Å². The van der Waals surface area contributed by atoms with E-state index in [4.69, 9.17) is 16.7 Å². The maximum Gasteiger partial charge on any atom is 0.356 e. The van der Waals surface area contributed by atoms with Crippen molar-refractivity contribution in [2.24, 2.45) is 0 Å². The van der Waals surface area contributed by atoms with E-state index < -0.39 is 5.97 Å². The van der Waals surface area contributed by atoms with Gasteiger partial charge in [-0.05, 0) is 31.5 Å². The zero-order valence-electron chi connectivity index (χ0n) is 11.2. The highest BCUT2D eigenvalue weighted by molar-refractivity contribution is 7.98. The lowest BCUT2D eigenvalue weighted by atomic mass is 10.1. The van der Waals surface area contributed by atoms with Crippen LogP contribution in [0.1, 0.15) is 27.2 Å². The van der Waals surface area contributed by atoms with E-state index in [0.29, 0.717) is 5.03 Å². The van der Waals surface area contributed by atoms with Crippen molar-refractivity contribution in [2.75, 3.05) is 0 Å². The number of carbonyl (C=O) groups is 1. The van der Waals surface area contributed by atoms with Gasteiger partial charge in [0.2, 0.25) is 0 Å². The van der Waals surface area contributed by atoms with Gasteiger partial charge < -0.3 is 5.11 Å². The third kappa shape index (κ3) is 3.74. The summed E-state index contributed by atoms with van der Waals surface area (Å²) in [6.07, 6.45) is 0. The normalized spacial score (nSPS) is 10.6. The van der Waals surface area contributed by atoms with Gasteiger partial charge in [0.1, 0.15) is 0 Å². The first-order chi connectivity index (χ1) is 9.45. The number of halogens is 1. The molecule has 1 heterocycles. The quantitative estimate of drug-likeness (QED) is 0.854. The Morgan fingerprint density at radius 1 is 1.25 bits per heavy atom. The lowest BCUT2D eigenvalue weighted by Gasteiger charge is -2.06. The first-order valence-corrected chi connectivity index (χ1v) is 7.42. The first-order valence-electron chi connectivity index (χ1n) is 6.05. The summed E-state index contributed by atoms with van der Waals surface area (Å²) in [4.78, 5) is 15.0. The van der Waals surface area contributed by atoms with Crippen LogP contribution in [-0.2, 0) is 5.75 Å². The van der Waals surface area contributed by atoms with Crippen molar-refractivity contribution in [1.82, 2.24) is 4.98 Å². The van der Waals surface area contributed by atoms with Crippen molar-refractivity contribution < 1.29 is 9.90 Å². The van der Waals surface area contributed by atoms with Gasteiger partial charge in [0.05, 0.1) is 10.0 Å². The largest absolute Gasteiger partial charge is 0.476 e. The molecular formula is C15H14ClNO2S. The standard InChI is InChI=1S/C15H14ClNO2S/c1-9-5-10(2)7-11(6-9)8-20-13-4-3-12(16)14(17-13)15(18)19/h3-7H,8H2,1-2H3,(H,18,19). The number of nitrogens with zero attached hydrogens (tertiary/aromatic N) is 1. The monoisotopic (exact) mass is 307 g/mol. The third-order valence-corrected chi connectivity index (χ3v) is 4.00. The highest BCUT2D eigenvalue weighted by Gasteiger charge is 2.11. The fourth-order valence-corrected chi connectivity index (χ4v) is 2.95. The maximum atomic E-state index is 11.0. The van der Waals surface area contributed by atoms with E-state index >= 15 is 0 Å². The minimum absolute atomic E-state index is 0.0999. The number of hydrogen-bond acceptors (Lipinski definition) is 3. The number of rotatable bonds is 4. The number of hydrogen-bond donors (Lipinski definition) is 1. The zero-order chi connectivity index (χ0) is 14.7. The third-order valence-electron chi connectivity index (χ3n) is 2.69. The Labute approximate surface area is 127 Å². The van der Waals surface area contributed by atoms with Crippen LogP contribution in [0.2, 0.25) is 5.02 Å². The summed E-state index contributed by atoms with van der Waals surface area (Å²) >= 11 is 7.30. The second-order valence-electron chi connectivity index (χ2n) is 4.57. The molecule has 0 saturated carbocycles. The minimum atomic E-state index is -1.11. The Kier molecular flexibility index (Phi) is 4.68. The van der Waals surface area contributed by atoms with E-state index in [1.165, 1.54) is 28.5 Å². The number of carboxylic acid groups (broad SMARTS) is 1. The molecular weight excluding hydrogens is 294 g/mol. The zero-order valence-corrected chi connectivity index (χ0v) is 12.8. The van der Waals surface area contributed by atoms with Gasteiger partial charge in [-0.1, -0.05) is 40.9 Å². The minimum Gasteiger partial charge on any atom is -0.476 e. The molecule has 2 rings (SSSR count). The number of benzene rings is 1. The molecule has 0 radical (unpaired) electrons. The van der Waals surface area contributed by atoms with Crippen LogP contribution >= 0.6 is 23.4 Å². The average molecular weight is 308 g/mol. The van der Waals surface area contributed by atoms with E-state index in [-0.39, 0.29) is 10.7 Å². The van der Waals surface area contributed by atoms with Gasteiger partial charge >= 0.3 is 5.97 Å². The molecule has 0 amide bonds. The molecule has 1 aromatic carbocycles. The van der Waals surface area contributed by atoms with Crippen molar-refractivity contribution in [3.05, 3.63) is 57.7 Å². The van der Waals surface area contributed by atoms with Crippen LogP contribution in [0.3, 0.4) is 0 Å². The van der Waals surface area contributed by atoms with Crippen molar-refractivity contribution >= 4 is 29.3 Å². The molecule has 0 atom stereocenters. The molecule has 1 N–H and O–H groups in total. The first kappa shape index (κ1) is 14.9. The molecule has 0 fully saturated rings. The summed E-state index contributed by atoms with van der Waals surface area (Å²) in [5.74, 6) is -0.361. The molecule has 3 nitrogen and oxygen atoms in total. The summed E-state index contributed by atoms with van der Waals surface area (Å²) in [5, 5.41) is 9.81. The molecule has 0 spiro atoms. The number of thioether (sulfide) groups is 1. The van der Waals surface area contributed by atoms with Crippen LogP contribution in [-0.4, -0.2) is 16.1 Å². The molecule has 0 aliphatic heterocycles. The lowest BCUT2D eigenvalue weighted by molar-refractivity contribution is 0.0690. The van der Waals surface area contributed by atoms with Crippen LogP contribution in [0.4, 0.5) is 0 Å². The highest BCUT2D eigenvalue weighted by Crippen LogP contribution is 2.25. The number of aromatic nitrogens is 1. The van der Waals surface area contributed by atoms with E-state index in [9.17, 15) is 4.79 Å². The molecule has 0 bridgehead atoms. The van der Waals surface area contributed by atoms with Gasteiger partial charge in [0.15, 0.2) is 5.69 Å². The summed E-state index contributed by atoms with van der Waals surface area (Å²) in [7, 11) is 0. The topological polar surface area (TPSA) is 50.2 Å². The van der Waals surface area contributed by atoms with E-state index in [2.05, 4.69) is 37.0 Å². The van der Waals surface area contributed by atoms with Crippen LogP contribution in [0, 0.1) is 13.8 Å². The molecule has 5 heteroatoms. The van der Waals surface area contributed by atoms with Gasteiger partial charge in [-0.25, -0.2) is 9.78 Å². The van der Waals surface area contributed by atoms with Gasteiger partial charge in [-0.15, -0.1) is 11.8 Å². The van der Waals surface area contributed by atoms with Crippen LogP contribution in [0.25, 0.3) is 0 Å². The predicted octanol–water partition coefficient (Wildman–Crippen LogP) is 4.34. The summed E-state index contributed by atoms with van der Waals surface area (Å²) in [6, 6.07) is 9.67. The molecule has 2 aromatic rings. The molecule has 0 unspecified atom stereocenters. The van der Waals surface area contributed by atoms with Crippen molar-refractivity contribution in [3.63, 3.8) is 0 Å². The Morgan fingerprint density at radius 2 is 1.90 bits per heavy atom. The van der Waals surface area contributed by atoms with E-state index in [1.54, 1.807) is 12.1 Å². The lowest BCUT2D eigenvalue weighted by Crippen LogP contribution is -2.02. The molecule has 104 valence electrons. The summed E-state index contributed by atoms with van der Waals surface area (Å²) in [6.45, 7) is 4.12. The SMILES string of the molecule is Cc1cc(C)cc(CSc2ccc(Cl)c(C(=O)O)n2)c1. The maximum absolute atomic E-state index is 11.0. The van der Waals surface area contributed by atoms with Crippen molar-refractivity contribution in [2.45, 2.75) is 24.6 Å². The number of aromatic carboxylic acids is 1.